The molecule has 0 aliphatic carbocycles. The van der Waals surface area contributed by atoms with Crippen molar-refractivity contribution in [3.05, 3.63) is 164 Å². The summed E-state index contributed by atoms with van der Waals surface area (Å²) in [7, 11) is 0. The van der Waals surface area contributed by atoms with Crippen molar-refractivity contribution >= 4 is 32.7 Å². The third kappa shape index (κ3) is 4.93. The zero-order valence-electron chi connectivity index (χ0n) is 35.5. The molecular formula is C43H27N3O. The molecular weight excluding hydrogens is 574 g/mol. The lowest BCUT2D eigenvalue weighted by Gasteiger charge is -2.11. The van der Waals surface area contributed by atoms with Crippen molar-refractivity contribution in [2.24, 2.45) is 0 Å². The number of rotatable bonds is 5. The lowest BCUT2D eigenvalue weighted by molar-refractivity contribution is 0.669. The topological polar surface area (TPSA) is 51.8 Å². The van der Waals surface area contributed by atoms with E-state index in [1.54, 1.807) is 42.5 Å². The Balaban J connectivity index is 1.32. The molecule has 47 heavy (non-hydrogen) atoms. The summed E-state index contributed by atoms with van der Waals surface area (Å²) in [6.07, 6.45) is 0. The summed E-state index contributed by atoms with van der Waals surface area (Å²) < 4.78 is 103. The van der Waals surface area contributed by atoms with Crippen LogP contribution >= 0.6 is 0 Å². The van der Waals surface area contributed by atoms with Gasteiger partial charge in [0.25, 0.3) is 0 Å². The molecule has 0 fully saturated rings. The highest BCUT2D eigenvalue weighted by Gasteiger charge is 2.16. The lowest BCUT2D eigenvalue weighted by Crippen LogP contribution is -2.00. The van der Waals surface area contributed by atoms with Gasteiger partial charge in [-0.25, -0.2) is 15.0 Å². The van der Waals surface area contributed by atoms with Crippen LogP contribution in [0.3, 0.4) is 0 Å². The third-order valence-electron chi connectivity index (χ3n) is 7.85. The fourth-order valence-corrected chi connectivity index (χ4v) is 5.67. The van der Waals surface area contributed by atoms with Gasteiger partial charge < -0.3 is 4.42 Å². The van der Waals surface area contributed by atoms with E-state index in [-0.39, 0.29) is 57.0 Å². The number of aromatic nitrogens is 3. The van der Waals surface area contributed by atoms with Crippen LogP contribution in [-0.4, -0.2) is 15.0 Å². The highest BCUT2D eigenvalue weighted by Crippen LogP contribution is 2.38. The zero-order chi connectivity index (χ0) is 40.7. The van der Waals surface area contributed by atoms with Gasteiger partial charge in [0.2, 0.25) is 0 Å². The van der Waals surface area contributed by atoms with Crippen LogP contribution in [0.25, 0.3) is 89.1 Å². The third-order valence-corrected chi connectivity index (χ3v) is 7.85. The van der Waals surface area contributed by atoms with Gasteiger partial charge in [-0.15, -0.1) is 0 Å². The molecule has 0 aliphatic rings. The van der Waals surface area contributed by atoms with Crippen molar-refractivity contribution in [2.75, 3.05) is 0 Å². The van der Waals surface area contributed by atoms with Gasteiger partial charge in [0, 0.05) is 27.5 Å². The highest BCUT2D eigenvalue weighted by molar-refractivity contribution is 6.12. The van der Waals surface area contributed by atoms with Gasteiger partial charge in [-0.2, -0.15) is 0 Å². The summed E-state index contributed by atoms with van der Waals surface area (Å²) in [5, 5.41) is 1.41. The number of fused-ring (bicyclic) bond motifs is 4. The Morgan fingerprint density at radius 1 is 0.447 bits per heavy atom. The van der Waals surface area contributed by atoms with E-state index in [1.807, 2.05) is 54.6 Å². The van der Waals surface area contributed by atoms with Crippen molar-refractivity contribution < 1.29 is 19.5 Å². The van der Waals surface area contributed by atoms with Gasteiger partial charge in [0.1, 0.15) is 11.2 Å². The zero-order valence-corrected chi connectivity index (χ0v) is 24.5. The summed E-state index contributed by atoms with van der Waals surface area (Å²) in [5.74, 6) is -0.713. The first-order valence-electron chi connectivity index (χ1n) is 20.3. The minimum atomic E-state index is -0.623. The second kappa shape index (κ2) is 11.2. The molecule has 0 radical (unpaired) electrons. The van der Waals surface area contributed by atoms with Crippen molar-refractivity contribution in [3.63, 3.8) is 0 Å². The molecule has 9 rings (SSSR count). The van der Waals surface area contributed by atoms with Crippen LogP contribution in [-0.2, 0) is 0 Å². The van der Waals surface area contributed by atoms with Crippen LogP contribution in [0.15, 0.2) is 168 Å². The summed E-state index contributed by atoms with van der Waals surface area (Å²) >= 11 is 0. The quantitative estimate of drug-likeness (QED) is 0.194. The Labute approximate surface area is 287 Å². The SMILES string of the molecule is [2H]c1c([2H])c([2H])c(-c2nc(-c3cccc(-c4cccc5oc6ccccc6c45)c3)nc(-c3c([2H])c([2H])c4c([2H])c(-c5ccccc5)c([2H])c([2H])c4c3[2H])n2)c([2H])c1[2H]. The van der Waals surface area contributed by atoms with Gasteiger partial charge in [-0.05, 0) is 63.3 Å². The fourth-order valence-electron chi connectivity index (χ4n) is 5.67. The lowest BCUT2D eigenvalue weighted by atomic mass is 9.97. The predicted octanol–water partition coefficient (Wildman–Crippen LogP) is 11.3. The van der Waals surface area contributed by atoms with E-state index in [4.69, 9.17) is 21.7 Å². The molecule has 4 nitrogen and oxygen atoms in total. The van der Waals surface area contributed by atoms with Crippen molar-refractivity contribution in [1.82, 2.24) is 15.0 Å². The standard InChI is InChI=1S/C43H27N3O/c1-3-11-28(12-4-1)30-21-22-32-26-35(24-23-31(32)25-30)43-45-41(29-13-5-2-6-14-29)44-42(46-43)34-16-9-15-33(27-34)36-18-10-20-39-40(36)37-17-7-8-19-38(37)47-39/h1-27H/i2D,5D,6D,13D,14D,21D,22D,23D,24D,25D,26D. The summed E-state index contributed by atoms with van der Waals surface area (Å²) in [6, 6.07) is 23.6. The maximum Gasteiger partial charge on any atom is 0.164 e. The molecule has 220 valence electrons. The minimum Gasteiger partial charge on any atom is -0.456 e. The molecule has 0 bridgehead atoms. The van der Waals surface area contributed by atoms with Crippen LogP contribution in [0.5, 0.6) is 0 Å². The molecule has 0 amide bonds. The molecule has 4 heteroatoms. The maximum atomic E-state index is 9.37. The van der Waals surface area contributed by atoms with E-state index < -0.39 is 54.4 Å². The molecule has 9 aromatic rings. The molecule has 2 aromatic heterocycles. The largest absolute Gasteiger partial charge is 0.456 e. The number of hydrogen-bond acceptors (Lipinski definition) is 4. The molecule has 0 aliphatic heterocycles. The van der Waals surface area contributed by atoms with Crippen LogP contribution in [0.4, 0.5) is 0 Å². The van der Waals surface area contributed by atoms with Gasteiger partial charge in [-0.3, -0.25) is 0 Å². The second-order valence-corrected chi connectivity index (χ2v) is 10.8. The number of hydrogen-bond donors (Lipinski definition) is 0. The number of nitrogens with zero attached hydrogens (tertiary/aromatic N) is 3. The summed E-state index contributed by atoms with van der Waals surface area (Å²) in [6.45, 7) is 0. The average Bonchev–Trinajstić information content (AvgIpc) is 3.62. The van der Waals surface area contributed by atoms with Crippen molar-refractivity contribution in [2.45, 2.75) is 0 Å². The van der Waals surface area contributed by atoms with Crippen LogP contribution in [0, 0.1) is 0 Å². The molecule has 0 unspecified atom stereocenters. The van der Waals surface area contributed by atoms with E-state index in [0.717, 1.165) is 27.5 Å². The van der Waals surface area contributed by atoms with E-state index in [1.165, 1.54) is 0 Å². The second-order valence-electron chi connectivity index (χ2n) is 10.8. The Bertz CT molecular complexity index is 3180. The smallest absolute Gasteiger partial charge is 0.164 e. The van der Waals surface area contributed by atoms with Crippen LogP contribution in [0.2, 0.25) is 0 Å². The van der Waals surface area contributed by atoms with Crippen LogP contribution < -0.4 is 0 Å². The van der Waals surface area contributed by atoms with Gasteiger partial charge in [0.15, 0.2) is 17.5 Å². The number of benzene rings is 7. The van der Waals surface area contributed by atoms with Gasteiger partial charge in [-0.1, -0.05) is 133 Å². The Morgan fingerprint density at radius 3 is 1.89 bits per heavy atom. The van der Waals surface area contributed by atoms with Gasteiger partial charge in [0.05, 0.1) is 15.1 Å². The highest BCUT2D eigenvalue weighted by atomic mass is 16.3. The monoisotopic (exact) mass is 612 g/mol. The number of furan rings is 1. The van der Waals surface area contributed by atoms with Crippen molar-refractivity contribution in [1.29, 1.82) is 0 Å². The van der Waals surface area contributed by atoms with Gasteiger partial charge >= 0.3 is 0 Å². The van der Waals surface area contributed by atoms with E-state index >= 15 is 0 Å². The molecule has 7 aromatic carbocycles. The first-order valence-corrected chi connectivity index (χ1v) is 14.8. The summed E-state index contributed by atoms with van der Waals surface area (Å²) in [4.78, 5) is 13.8. The minimum absolute atomic E-state index is 0.0313. The van der Waals surface area contributed by atoms with E-state index in [0.29, 0.717) is 16.7 Å². The normalized spacial score (nSPS) is 14.7. The van der Waals surface area contributed by atoms with Crippen LogP contribution in [0.1, 0.15) is 15.1 Å². The fraction of sp³-hybridized carbons (Fsp3) is 0. The maximum absolute atomic E-state index is 9.37. The molecule has 0 spiro atoms. The molecule has 0 saturated heterocycles. The Kier molecular flexibility index (Phi) is 4.27. The predicted molar refractivity (Wildman–Crippen MR) is 192 cm³/mol. The molecule has 0 atom stereocenters. The number of para-hydroxylation sites is 1. The van der Waals surface area contributed by atoms with E-state index in [2.05, 4.69) is 9.97 Å². The van der Waals surface area contributed by atoms with E-state index in [9.17, 15) is 2.74 Å². The molecule has 0 N–H and O–H groups in total. The Hall–Kier alpha value is -6.39. The average molecular weight is 613 g/mol. The summed E-state index contributed by atoms with van der Waals surface area (Å²) in [5.41, 5.74) is 3.30. The van der Waals surface area contributed by atoms with Crippen molar-refractivity contribution in [3.8, 4) is 56.4 Å². The first kappa shape index (κ1) is 17.9. The first-order chi connectivity index (χ1) is 27.9. The molecule has 0 saturated carbocycles. The molecule has 2 heterocycles. The Morgan fingerprint density at radius 2 is 1.06 bits per heavy atom.